The van der Waals surface area contributed by atoms with Crippen molar-refractivity contribution in [1.29, 1.82) is 0 Å². The molecule has 0 aromatic carbocycles. The van der Waals surface area contributed by atoms with Gasteiger partial charge in [0.25, 0.3) is 0 Å². The maximum Gasteiger partial charge on any atom is 0.120 e. The van der Waals surface area contributed by atoms with Crippen LogP contribution in [0.5, 0.6) is 0 Å². The van der Waals surface area contributed by atoms with E-state index in [0.29, 0.717) is 0 Å². The van der Waals surface area contributed by atoms with Gasteiger partial charge >= 0.3 is 0 Å². The van der Waals surface area contributed by atoms with E-state index in [4.69, 9.17) is 5.73 Å². The van der Waals surface area contributed by atoms with Crippen molar-refractivity contribution in [2.45, 2.75) is 20.3 Å². The summed E-state index contributed by atoms with van der Waals surface area (Å²) in [5.41, 5.74) is 5.44. The third kappa shape index (κ3) is 3.76. The Bertz CT molecular complexity index is 132. The van der Waals surface area contributed by atoms with Gasteiger partial charge in [0.1, 0.15) is 5.83 Å². The molecule has 0 aliphatic rings. The number of hydrogen-bond acceptors (Lipinski definition) is 1. The van der Waals surface area contributed by atoms with Gasteiger partial charge in [-0.25, -0.2) is 4.39 Å². The summed E-state index contributed by atoms with van der Waals surface area (Å²) in [4.78, 5) is 0. The van der Waals surface area contributed by atoms with Gasteiger partial charge in [-0.15, -0.1) is 0 Å². The Morgan fingerprint density at radius 3 is 2.56 bits per heavy atom. The Labute approximate surface area is 55.1 Å². The zero-order chi connectivity index (χ0) is 7.28. The Hall–Kier alpha value is -0.790. The predicted octanol–water partition coefficient (Wildman–Crippen LogP) is 2.11. The molecule has 0 aromatic rings. The van der Waals surface area contributed by atoms with E-state index in [2.05, 4.69) is 0 Å². The molecule has 0 radical (unpaired) electrons. The van der Waals surface area contributed by atoms with Crippen LogP contribution in [0.1, 0.15) is 20.3 Å². The number of hydrogen-bond donors (Lipinski definition) is 1. The highest BCUT2D eigenvalue weighted by Gasteiger charge is 1.87. The van der Waals surface area contributed by atoms with Gasteiger partial charge in [-0.1, -0.05) is 13.0 Å². The number of allylic oxidation sites excluding steroid dienone is 3. The summed E-state index contributed by atoms with van der Waals surface area (Å²) in [5.74, 6) is -0.320. The summed E-state index contributed by atoms with van der Waals surface area (Å²) in [6.45, 7) is 3.31. The van der Waals surface area contributed by atoms with Crippen molar-refractivity contribution in [3.05, 3.63) is 23.7 Å². The van der Waals surface area contributed by atoms with Crippen molar-refractivity contribution in [3.63, 3.8) is 0 Å². The van der Waals surface area contributed by atoms with Gasteiger partial charge in [0, 0.05) is 0 Å². The van der Waals surface area contributed by atoms with Gasteiger partial charge in [0.05, 0.1) is 5.70 Å². The van der Waals surface area contributed by atoms with Crippen LogP contribution in [0, 0.1) is 0 Å². The molecule has 0 aromatic heterocycles. The van der Waals surface area contributed by atoms with Gasteiger partial charge < -0.3 is 5.73 Å². The molecule has 1 nitrogen and oxygen atoms in total. The van der Waals surface area contributed by atoms with E-state index in [1.807, 2.05) is 13.0 Å². The lowest BCUT2D eigenvalue weighted by Gasteiger charge is -1.89. The Kier molecular flexibility index (Phi) is 3.76. The first kappa shape index (κ1) is 8.21. The van der Waals surface area contributed by atoms with E-state index in [-0.39, 0.29) is 11.5 Å². The van der Waals surface area contributed by atoms with Crippen molar-refractivity contribution < 1.29 is 4.39 Å². The van der Waals surface area contributed by atoms with Gasteiger partial charge in [0.15, 0.2) is 0 Å². The van der Waals surface area contributed by atoms with Crippen LogP contribution in [0.4, 0.5) is 4.39 Å². The summed E-state index contributed by atoms with van der Waals surface area (Å²) in [5, 5.41) is 0. The molecule has 0 aliphatic heterocycles. The standard InChI is InChI=1S/C7H12FN/c1-3-4-5-7(9)6(2)8/h4-5H,3,9H2,1-2H3/b5-4-,7-6-. The van der Waals surface area contributed by atoms with Crippen LogP contribution in [0.25, 0.3) is 0 Å². The molecule has 0 saturated heterocycles. The second-order valence-corrected chi connectivity index (χ2v) is 1.80. The second kappa shape index (κ2) is 4.13. The lowest BCUT2D eigenvalue weighted by Crippen LogP contribution is -1.93. The van der Waals surface area contributed by atoms with Crippen molar-refractivity contribution in [2.75, 3.05) is 0 Å². The first-order valence-electron chi connectivity index (χ1n) is 2.97. The minimum Gasteiger partial charge on any atom is -0.397 e. The van der Waals surface area contributed by atoms with Crippen LogP contribution < -0.4 is 5.73 Å². The van der Waals surface area contributed by atoms with Crippen molar-refractivity contribution in [1.82, 2.24) is 0 Å². The Balaban J connectivity index is 3.91. The average molecular weight is 129 g/mol. The summed E-state index contributed by atoms with van der Waals surface area (Å²) >= 11 is 0. The van der Waals surface area contributed by atoms with Crippen LogP contribution in [0.3, 0.4) is 0 Å². The zero-order valence-electron chi connectivity index (χ0n) is 5.82. The fourth-order valence-electron chi connectivity index (χ4n) is 0.360. The molecule has 0 unspecified atom stereocenters. The smallest absolute Gasteiger partial charge is 0.120 e. The average Bonchev–Trinajstić information content (AvgIpc) is 1.82. The van der Waals surface area contributed by atoms with Crippen LogP contribution in [-0.2, 0) is 0 Å². The summed E-state index contributed by atoms with van der Waals surface area (Å²) < 4.78 is 12.1. The van der Waals surface area contributed by atoms with Crippen LogP contribution in [-0.4, -0.2) is 0 Å². The topological polar surface area (TPSA) is 26.0 Å². The summed E-state index contributed by atoms with van der Waals surface area (Å²) in [6.07, 6.45) is 4.28. The highest BCUT2D eigenvalue weighted by molar-refractivity contribution is 5.16. The van der Waals surface area contributed by atoms with E-state index < -0.39 is 0 Å². The van der Waals surface area contributed by atoms with Gasteiger partial charge in [-0.2, -0.15) is 0 Å². The lowest BCUT2D eigenvalue weighted by atomic mass is 10.3. The van der Waals surface area contributed by atoms with Gasteiger partial charge in [-0.05, 0) is 19.4 Å². The third-order valence-electron chi connectivity index (χ3n) is 0.931. The Morgan fingerprint density at radius 2 is 2.22 bits per heavy atom. The van der Waals surface area contributed by atoms with E-state index in [9.17, 15) is 4.39 Å². The molecule has 0 atom stereocenters. The van der Waals surface area contributed by atoms with Crippen LogP contribution in [0.2, 0.25) is 0 Å². The van der Waals surface area contributed by atoms with Crippen molar-refractivity contribution >= 4 is 0 Å². The molecule has 2 heteroatoms. The maximum atomic E-state index is 12.1. The summed E-state index contributed by atoms with van der Waals surface area (Å²) in [7, 11) is 0. The summed E-state index contributed by atoms with van der Waals surface area (Å²) in [6, 6.07) is 0. The number of halogens is 1. The monoisotopic (exact) mass is 129 g/mol. The molecular weight excluding hydrogens is 117 g/mol. The minimum atomic E-state index is -0.320. The van der Waals surface area contributed by atoms with Gasteiger partial charge in [0.2, 0.25) is 0 Å². The van der Waals surface area contributed by atoms with E-state index in [0.717, 1.165) is 6.42 Å². The van der Waals surface area contributed by atoms with E-state index in [1.54, 1.807) is 6.08 Å². The van der Waals surface area contributed by atoms with Crippen molar-refractivity contribution in [3.8, 4) is 0 Å². The predicted molar refractivity (Wildman–Crippen MR) is 37.4 cm³/mol. The lowest BCUT2D eigenvalue weighted by molar-refractivity contribution is 0.629. The molecular formula is C7H12FN. The van der Waals surface area contributed by atoms with E-state index >= 15 is 0 Å². The highest BCUT2D eigenvalue weighted by Crippen LogP contribution is 1.99. The molecule has 0 saturated carbocycles. The van der Waals surface area contributed by atoms with Crippen molar-refractivity contribution in [2.24, 2.45) is 5.73 Å². The zero-order valence-corrected chi connectivity index (χ0v) is 5.82. The molecule has 2 N–H and O–H groups in total. The molecule has 0 rings (SSSR count). The fourth-order valence-corrected chi connectivity index (χ4v) is 0.360. The van der Waals surface area contributed by atoms with Crippen LogP contribution >= 0.6 is 0 Å². The first-order valence-corrected chi connectivity index (χ1v) is 2.97. The quantitative estimate of drug-likeness (QED) is 0.568. The largest absolute Gasteiger partial charge is 0.397 e. The fraction of sp³-hybridized carbons (Fsp3) is 0.429. The third-order valence-corrected chi connectivity index (χ3v) is 0.931. The van der Waals surface area contributed by atoms with Gasteiger partial charge in [-0.3, -0.25) is 0 Å². The number of rotatable bonds is 2. The molecule has 0 spiro atoms. The molecule has 0 fully saturated rings. The highest BCUT2D eigenvalue weighted by atomic mass is 19.1. The maximum absolute atomic E-state index is 12.1. The van der Waals surface area contributed by atoms with Crippen LogP contribution in [0.15, 0.2) is 23.7 Å². The normalized spacial score (nSPS) is 14.1. The SMILES string of the molecule is CC/C=C\C(N)=C(/C)F. The molecule has 0 amide bonds. The molecule has 9 heavy (non-hydrogen) atoms. The molecule has 0 heterocycles. The second-order valence-electron chi connectivity index (χ2n) is 1.80. The molecule has 0 aliphatic carbocycles. The number of nitrogens with two attached hydrogens (primary N) is 1. The Morgan fingerprint density at radius 1 is 1.67 bits per heavy atom. The minimum absolute atomic E-state index is 0.219. The first-order chi connectivity index (χ1) is 4.18. The molecule has 52 valence electrons. The molecule has 0 bridgehead atoms. The van der Waals surface area contributed by atoms with E-state index in [1.165, 1.54) is 6.92 Å².